The predicted octanol–water partition coefficient (Wildman–Crippen LogP) is 4.12. The Morgan fingerprint density at radius 2 is 1.68 bits per heavy atom. The summed E-state index contributed by atoms with van der Waals surface area (Å²) >= 11 is 0. The number of hydrogen-bond acceptors (Lipinski definition) is 2. The second kappa shape index (κ2) is 6.03. The summed E-state index contributed by atoms with van der Waals surface area (Å²) in [5.41, 5.74) is 3.88. The molecule has 2 aromatic carbocycles. The summed E-state index contributed by atoms with van der Waals surface area (Å²) in [7, 11) is 0. The molecule has 2 aromatic rings. The van der Waals surface area contributed by atoms with Gasteiger partial charge >= 0.3 is 0 Å². The molecule has 4 rings (SSSR count). The maximum Gasteiger partial charge on any atom is 0.258 e. The fourth-order valence-corrected chi connectivity index (χ4v) is 4.35. The lowest BCUT2D eigenvalue weighted by molar-refractivity contribution is -0.114. The summed E-state index contributed by atoms with van der Waals surface area (Å²) in [6.45, 7) is 2.25. The van der Waals surface area contributed by atoms with Gasteiger partial charge in [0, 0.05) is 35.8 Å². The highest BCUT2D eigenvalue weighted by Gasteiger charge is 2.46. The molecular weight excluding hydrogens is 312 g/mol. The van der Waals surface area contributed by atoms with Crippen molar-refractivity contribution in [1.29, 1.82) is 0 Å². The van der Waals surface area contributed by atoms with Crippen molar-refractivity contribution in [2.45, 2.75) is 38.0 Å². The van der Waals surface area contributed by atoms with E-state index in [1.807, 2.05) is 11.0 Å². The number of carbonyl (C=O) groups excluding carboxylic acids is 2. The third-order valence-corrected chi connectivity index (χ3v) is 5.49. The minimum absolute atomic E-state index is 0.0330. The number of carbonyl (C=O) groups is 2. The van der Waals surface area contributed by atoms with Crippen molar-refractivity contribution in [1.82, 2.24) is 0 Å². The van der Waals surface area contributed by atoms with Crippen LogP contribution in [0.4, 0.5) is 11.4 Å². The number of rotatable bonds is 2. The molecule has 128 valence electrons. The molecule has 0 saturated heterocycles. The topological polar surface area (TPSA) is 49.4 Å². The number of hydrogen-bond donors (Lipinski definition) is 1. The van der Waals surface area contributed by atoms with Gasteiger partial charge in [-0.05, 0) is 48.7 Å². The largest absolute Gasteiger partial charge is 0.326 e. The molecule has 0 bridgehead atoms. The zero-order chi connectivity index (χ0) is 17.4. The molecule has 0 unspecified atom stereocenters. The van der Waals surface area contributed by atoms with Crippen LogP contribution < -0.4 is 10.2 Å². The van der Waals surface area contributed by atoms with Gasteiger partial charge in [0.25, 0.3) is 5.91 Å². The summed E-state index contributed by atoms with van der Waals surface area (Å²) < 4.78 is 0. The SMILES string of the molecule is CC(=O)Nc1ccc(C(=O)N2CC3(CCCC3)c3ccccc32)cc1. The Bertz CT molecular complexity index is 820. The quantitative estimate of drug-likeness (QED) is 0.898. The Balaban J connectivity index is 1.63. The fraction of sp³-hybridized carbons (Fsp3) is 0.333. The van der Waals surface area contributed by atoms with Crippen LogP contribution in [0.2, 0.25) is 0 Å². The summed E-state index contributed by atoms with van der Waals surface area (Å²) in [4.78, 5) is 26.2. The average Bonchev–Trinajstić information content (AvgIpc) is 3.21. The molecule has 2 amide bonds. The van der Waals surface area contributed by atoms with E-state index in [1.54, 1.807) is 24.3 Å². The molecule has 0 aromatic heterocycles. The van der Waals surface area contributed by atoms with E-state index in [1.165, 1.54) is 25.3 Å². The standard InChI is InChI=1S/C21H22N2O2/c1-15(24)22-17-10-8-16(9-11-17)20(25)23-14-21(12-4-5-13-21)18-6-2-3-7-19(18)23/h2-3,6-11H,4-5,12-14H2,1H3,(H,22,24). The minimum Gasteiger partial charge on any atom is -0.326 e. The van der Waals surface area contributed by atoms with Gasteiger partial charge in [-0.1, -0.05) is 31.0 Å². The van der Waals surface area contributed by atoms with Crippen molar-refractivity contribution in [3.63, 3.8) is 0 Å². The van der Waals surface area contributed by atoms with Crippen LogP contribution in [-0.4, -0.2) is 18.4 Å². The van der Waals surface area contributed by atoms with E-state index in [0.717, 1.165) is 25.1 Å². The Morgan fingerprint density at radius 1 is 1.00 bits per heavy atom. The summed E-state index contributed by atoms with van der Waals surface area (Å²) in [5.74, 6) is -0.0821. The van der Waals surface area contributed by atoms with Crippen LogP contribution in [0.5, 0.6) is 0 Å². The fourth-order valence-electron chi connectivity index (χ4n) is 4.35. The van der Waals surface area contributed by atoms with E-state index >= 15 is 0 Å². The average molecular weight is 334 g/mol. The first-order valence-electron chi connectivity index (χ1n) is 8.88. The van der Waals surface area contributed by atoms with E-state index in [0.29, 0.717) is 11.3 Å². The zero-order valence-corrected chi connectivity index (χ0v) is 14.4. The number of nitrogens with one attached hydrogen (secondary N) is 1. The third-order valence-electron chi connectivity index (χ3n) is 5.49. The van der Waals surface area contributed by atoms with Crippen LogP contribution in [0.3, 0.4) is 0 Å². The first-order valence-corrected chi connectivity index (χ1v) is 8.88. The lowest BCUT2D eigenvalue weighted by atomic mass is 9.81. The molecule has 2 aliphatic rings. The first kappa shape index (κ1) is 15.9. The van der Waals surface area contributed by atoms with Crippen LogP contribution in [0.25, 0.3) is 0 Å². The summed E-state index contributed by atoms with van der Waals surface area (Å²) in [5, 5.41) is 2.73. The Hall–Kier alpha value is -2.62. The lowest BCUT2D eigenvalue weighted by Gasteiger charge is -2.24. The molecular formula is C21H22N2O2. The molecule has 0 atom stereocenters. The van der Waals surface area contributed by atoms with Gasteiger partial charge in [0.1, 0.15) is 0 Å². The highest BCUT2D eigenvalue weighted by Crippen LogP contribution is 2.50. The predicted molar refractivity (Wildman–Crippen MR) is 99.0 cm³/mol. The van der Waals surface area contributed by atoms with Crippen molar-refractivity contribution in [3.8, 4) is 0 Å². The Kier molecular flexibility index (Phi) is 3.83. The molecule has 25 heavy (non-hydrogen) atoms. The van der Waals surface area contributed by atoms with Crippen molar-refractivity contribution in [2.24, 2.45) is 0 Å². The number of anilines is 2. The van der Waals surface area contributed by atoms with Gasteiger partial charge in [0.05, 0.1) is 0 Å². The molecule has 4 nitrogen and oxygen atoms in total. The van der Waals surface area contributed by atoms with Gasteiger partial charge in [-0.3, -0.25) is 9.59 Å². The van der Waals surface area contributed by atoms with Crippen LogP contribution in [-0.2, 0) is 10.2 Å². The number of nitrogens with zero attached hydrogens (tertiary/aromatic N) is 1. The van der Waals surface area contributed by atoms with Gasteiger partial charge in [0.15, 0.2) is 0 Å². The van der Waals surface area contributed by atoms with Crippen LogP contribution in [0.1, 0.15) is 48.5 Å². The van der Waals surface area contributed by atoms with Gasteiger partial charge in [-0.15, -0.1) is 0 Å². The molecule has 4 heteroatoms. The molecule has 1 N–H and O–H groups in total. The highest BCUT2D eigenvalue weighted by atomic mass is 16.2. The minimum atomic E-state index is -0.115. The summed E-state index contributed by atoms with van der Waals surface area (Å²) in [6.07, 6.45) is 4.80. The second-order valence-corrected chi connectivity index (χ2v) is 7.15. The van der Waals surface area contributed by atoms with Crippen LogP contribution in [0, 0.1) is 0 Å². The molecule has 1 saturated carbocycles. The third kappa shape index (κ3) is 2.72. The number of para-hydroxylation sites is 1. The number of benzene rings is 2. The molecule has 1 heterocycles. The molecule has 1 spiro atoms. The van der Waals surface area contributed by atoms with Crippen LogP contribution in [0.15, 0.2) is 48.5 Å². The number of amides is 2. The Morgan fingerprint density at radius 3 is 2.36 bits per heavy atom. The van der Waals surface area contributed by atoms with E-state index in [2.05, 4.69) is 23.5 Å². The van der Waals surface area contributed by atoms with E-state index in [4.69, 9.17) is 0 Å². The molecule has 0 radical (unpaired) electrons. The maximum absolute atomic E-state index is 13.1. The summed E-state index contributed by atoms with van der Waals surface area (Å²) in [6, 6.07) is 15.5. The van der Waals surface area contributed by atoms with Crippen LogP contribution >= 0.6 is 0 Å². The molecule has 1 fully saturated rings. The lowest BCUT2D eigenvalue weighted by Crippen LogP contribution is -2.35. The van der Waals surface area contributed by atoms with Gasteiger partial charge < -0.3 is 10.2 Å². The highest BCUT2D eigenvalue weighted by molar-refractivity contribution is 6.08. The van der Waals surface area contributed by atoms with Gasteiger partial charge in [-0.2, -0.15) is 0 Å². The van der Waals surface area contributed by atoms with Crippen molar-refractivity contribution in [2.75, 3.05) is 16.8 Å². The van der Waals surface area contributed by atoms with E-state index in [9.17, 15) is 9.59 Å². The smallest absolute Gasteiger partial charge is 0.258 e. The molecule has 1 aliphatic heterocycles. The van der Waals surface area contributed by atoms with E-state index in [-0.39, 0.29) is 17.2 Å². The molecule has 1 aliphatic carbocycles. The van der Waals surface area contributed by atoms with Crippen molar-refractivity contribution in [3.05, 3.63) is 59.7 Å². The van der Waals surface area contributed by atoms with E-state index < -0.39 is 0 Å². The van der Waals surface area contributed by atoms with Gasteiger partial charge in [0.2, 0.25) is 5.91 Å². The first-order chi connectivity index (χ1) is 12.1. The monoisotopic (exact) mass is 334 g/mol. The Labute approximate surface area is 147 Å². The maximum atomic E-state index is 13.1. The van der Waals surface area contributed by atoms with Gasteiger partial charge in [-0.25, -0.2) is 0 Å². The normalized spacial score (nSPS) is 17.6. The van der Waals surface area contributed by atoms with Crippen molar-refractivity contribution >= 4 is 23.2 Å². The zero-order valence-electron chi connectivity index (χ0n) is 14.4. The number of fused-ring (bicyclic) bond motifs is 2. The second-order valence-electron chi connectivity index (χ2n) is 7.15. The van der Waals surface area contributed by atoms with Crippen molar-refractivity contribution < 1.29 is 9.59 Å².